The molecule has 0 aliphatic carbocycles. The smallest absolute Gasteiger partial charge is 0.140 e. The number of β-amino-alcohol motifs (C(OH)–C–C–N with tert-alkyl or cyclic N) is 1. The Hall–Kier alpha value is -2.02. The van der Waals surface area contributed by atoms with Crippen molar-refractivity contribution in [2.24, 2.45) is 0 Å². The average Bonchev–Trinajstić information content (AvgIpc) is 3.12. The van der Waals surface area contributed by atoms with Crippen LogP contribution in [-0.4, -0.2) is 52.7 Å². The zero-order chi connectivity index (χ0) is 16.4. The van der Waals surface area contributed by atoms with Gasteiger partial charge in [0.15, 0.2) is 0 Å². The second-order valence-electron chi connectivity index (χ2n) is 6.05. The third-order valence-electron chi connectivity index (χ3n) is 4.53. The fraction of sp³-hybridized carbons (Fsp3) is 0.333. The van der Waals surface area contributed by atoms with Gasteiger partial charge in [0.1, 0.15) is 17.0 Å². The molecule has 0 saturated carbocycles. The van der Waals surface area contributed by atoms with Gasteiger partial charge in [-0.3, -0.25) is 4.90 Å². The van der Waals surface area contributed by atoms with Gasteiger partial charge in [-0.05, 0) is 17.0 Å². The number of nitrogens with zero attached hydrogens (tertiary/aromatic N) is 4. The molecule has 124 valence electrons. The molecule has 1 aromatic carbocycles. The van der Waals surface area contributed by atoms with E-state index in [-0.39, 0.29) is 0 Å². The highest BCUT2D eigenvalue weighted by Crippen LogP contribution is 2.27. The van der Waals surface area contributed by atoms with Gasteiger partial charge in [0.25, 0.3) is 0 Å². The Kier molecular flexibility index (Phi) is 4.42. The van der Waals surface area contributed by atoms with Gasteiger partial charge >= 0.3 is 0 Å². The highest BCUT2D eigenvalue weighted by Gasteiger charge is 2.22. The highest BCUT2D eigenvalue weighted by atomic mass is 32.1. The second-order valence-corrected chi connectivity index (χ2v) is 6.95. The molecule has 24 heavy (non-hydrogen) atoms. The van der Waals surface area contributed by atoms with Crippen LogP contribution in [0.15, 0.2) is 48.1 Å². The van der Waals surface area contributed by atoms with Crippen molar-refractivity contribution in [3.63, 3.8) is 0 Å². The molecule has 4 rings (SSSR count). The van der Waals surface area contributed by atoms with Gasteiger partial charge in [0, 0.05) is 32.7 Å². The van der Waals surface area contributed by atoms with Crippen molar-refractivity contribution in [1.29, 1.82) is 0 Å². The molecule has 6 heteroatoms. The van der Waals surface area contributed by atoms with Crippen molar-refractivity contribution in [1.82, 2.24) is 14.9 Å². The molecule has 0 amide bonds. The summed E-state index contributed by atoms with van der Waals surface area (Å²) in [6.07, 6.45) is 1.22. The number of rotatable bonds is 4. The van der Waals surface area contributed by atoms with E-state index in [1.807, 2.05) is 30.3 Å². The van der Waals surface area contributed by atoms with Crippen LogP contribution in [0.4, 0.5) is 5.82 Å². The van der Waals surface area contributed by atoms with Crippen LogP contribution in [0.1, 0.15) is 11.7 Å². The molecule has 1 atom stereocenters. The van der Waals surface area contributed by atoms with Crippen LogP contribution in [0.3, 0.4) is 0 Å². The highest BCUT2D eigenvalue weighted by molar-refractivity contribution is 7.16. The van der Waals surface area contributed by atoms with E-state index in [4.69, 9.17) is 0 Å². The van der Waals surface area contributed by atoms with Crippen LogP contribution in [-0.2, 0) is 0 Å². The summed E-state index contributed by atoms with van der Waals surface area (Å²) in [4.78, 5) is 14.5. The first-order valence-corrected chi connectivity index (χ1v) is 9.08. The predicted octanol–water partition coefficient (Wildman–Crippen LogP) is 2.55. The fourth-order valence-corrected chi connectivity index (χ4v) is 3.92. The predicted molar refractivity (Wildman–Crippen MR) is 97.5 cm³/mol. The Balaban J connectivity index is 1.39. The molecule has 3 aromatic rings. The lowest BCUT2D eigenvalue weighted by Crippen LogP contribution is -2.47. The third kappa shape index (κ3) is 3.13. The molecule has 0 bridgehead atoms. The van der Waals surface area contributed by atoms with Gasteiger partial charge in [-0.15, -0.1) is 11.3 Å². The Morgan fingerprint density at radius 2 is 1.83 bits per heavy atom. The van der Waals surface area contributed by atoms with Crippen molar-refractivity contribution >= 4 is 27.4 Å². The Bertz CT molecular complexity index is 799. The molecule has 1 aliphatic rings. The molecule has 1 N–H and O–H groups in total. The molecule has 5 nitrogen and oxygen atoms in total. The summed E-state index contributed by atoms with van der Waals surface area (Å²) in [7, 11) is 0. The SMILES string of the molecule is O[C@@H](CN1CCN(c2ncnc3sccc23)CC1)c1ccccc1. The van der Waals surface area contributed by atoms with Crippen LogP contribution < -0.4 is 4.90 Å². The van der Waals surface area contributed by atoms with Gasteiger partial charge < -0.3 is 10.0 Å². The molecule has 0 unspecified atom stereocenters. The van der Waals surface area contributed by atoms with Crippen molar-refractivity contribution in [3.05, 3.63) is 53.7 Å². The van der Waals surface area contributed by atoms with E-state index in [9.17, 15) is 5.11 Å². The number of aromatic nitrogens is 2. The Morgan fingerprint density at radius 1 is 1.04 bits per heavy atom. The first-order valence-electron chi connectivity index (χ1n) is 8.20. The monoisotopic (exact) mass is 340 g/mol. The largest absolute Gasteiger partial charge is 0.387 e. The van der Waals surface area contributed by atoms with E-state index in [0.717, 1.165) is 47.8 Å². The molecular formula is C18H20N4OS. The number of benzene rings is 1. The fourth-order valence-electron chi connectivity index (χ4n) is 3.20. The van der Waals surface area contributed by atoms with Gasteiger partial charge in [0.2, 0.25) is 0 Å². The van der Waals surface area contributed by atoms with E-state index in [1.54, 1.807) is 17.7 Å². The second kappa shape index (κ2) is 6.84. The van der Waals surface area contributed by atoms with Crippen LogP contribution >= 0.6 is 11.3 Å². The summed E-state index contributed by atoms with van der Waals surface area (Å²) in [5, 5.41) is 13.6. The average molecular weight is 340 g/mol. The van der Waals surface area contributed by atoms with Crippen LogP contribution in [0.5, 0.6) is 0 Å². The summed E-state index contributed by atoms with van der Waals surface area (Å²) in [5.74, 6) is 1.03. The molecular weight excluding hydrogens is 320 g/mol. The molecule has 1 aliphatic heterocycles. The molecule has 3 heterocycles. The first-order chi connectivity index (χ1) is 11.8. The number of hydrogen-bond acceptors (Lipinski definition) is 6. The quantitative estimate of drug-likeness (QED) is 0.791. The standard InChI is InChI=1S/C18H20N4OS/c23-16(14-4-2-1-3-5-14)12-21-7-9-22(10-8-21)17-15-6-11-24-18(15)20-13-19-17/h1-6,11,13,16,23H,7-10,12H2/t16-/m0/s1. The molecule has 0 radical (unpaired) electrons. The minimum Gasteiger partial charge on any atom is -0.387 e. The maximum Gasteiger partial charge on any atom is 0.140 e. The van der Waals surface area contributed by atoms with E-state index in [2.05, 4.69) is 31.2 Å². The van der Waals surface area contributed by atoms with Crippen molar-refractivity contribution < 1.29 is 5.11 Å². The number of fused-ring (bicyclic) bond motifs is 1. The molecule has 1 fully saturated rings. The van der Waals surface area contributed by atoms with Crippen molar-refractivity contribution in [2.75, 3.05) is 37.6 Å². The van der Waals surface area contributed by atoms with Gasteiger partial charge in [-0.2, -0.15) is 0 Å². The normalized spacial score (nSPS) is 17.3. The first kappa shape index (κ1) is 15.5. The molecule has 2 aromatic heterocycles. The molecule has 1 saturated heterocycles. The summed E-state index contributed by atoms with van der Waals surface area (Å²) in [6, 6.07) is 12.0. The van der Waals surface area contributed by atoms with Gasteiger partial charge in [0.05, 0.1) is 11.5 Å². The van der Waals surface area contributed by atoms with E-state index in [1.165, 1.54) is 0 Å². The lowest BCUT2D eigenvalue weighted by atomic mass is 10.1. The van der Waals surface area contributed by atoms with Crippen molar-refractivity contribution in [2.45, 2.75) is 6.10 Å². The van der Waals surface area contributed by atoms with E-state index < -0.39 is 6.10 Å². The summed E-state index contributed by atoms with van der Waals surface area (Å²) >= 11 is 1.65. The topological polar surface area (TPSA) is 52.5 Å². The Morgan fingerprint density at radius 3 is 2.62 bits per heavy atom. The van der Waals surface area contributed by atoms with E-state index in [0.29, 0.717) is 6.54 Å². The Labute approximate surface area is 145 Å². The maximum atomic E-state index is 10.4. The summed E-state index contributed by atoms with van der Waals surface area (Å²) < 4.78 is 0. The van der Waals surface area contributed by atoms with Crippen molar-refractivity contribution in [3.8, 4) is 0 Å². The van der Waals surface area contributed by atoms with E-state index >= 15 is 0 Å². The zero-order valence-corrected chi connectivity index (χ0v) is 14.2. The third-order valence-corrected chi connectivity index (χ3v) is 5.35. The number of hydrogen-bond donors (Lipinski definition) is 1. The zero-order valence-electron chi connectivity index (χ0n) is 13.4. The number of anilines is 1. The maximum absolute atomic E-state index is 10.4. The lowest BCUT2D eigenvalue weighted by Gasteiger charge is -2.36. The van der Waals surface area contributed by atoms with Crippen LogP contribution in [0.25, 0.3) is 10.2 Å². The number of aliphatic hydroxyl groups excluding tert-OH is 1. The minimum atomic E-state index is -0.430. The molecule has 0 spiro atoms. The summed E-state index contributed by atoms with van der Waals surface area (Å²) in [5.41, 5.74) is 0.982. The van der Waals surface area contributed by atoms with Crippen LogP contribution in [0, 0.1) is 0 Å². The number of piperazine rings is 1. The summed E-state index contributed by atoms with van der Waals surface area (Å²) in [6.45, 7) is 4.38. The van der Waals surface area contributed by atoms with Crippen LogP contribution in [0.2, 0.25) is 0 Å². The number of aliphatic hydroxyl groups is 1. The number of thiophene rings is 1. The minimum absolute atomic E-state index is 0.430. The van der Waals surface area contributed by atoms with Gasteiger partial charge in [-0.1, -0.05) is 30.3 Å². The lowest BCUT2D eigenvalue weighted by molar-refractivity contribution is 0.109. The van der Waals surface area contributed by atoms with Gasteiger partial charge in [-0.25, -0.2) is 9.97 Å².